The van der Waals surface area contributed by atoms with Crippen LogP contribution in [0.4, 0.5) is 5.69 Å². The first-order valence-electron chi connectivity index (χ1n) is 9.96. The number of amides is 1. The van der Waals surface area contributed by atoms with E-state index in [1.54, 1.807) is 24.3 Å². The van der Waals surface area contributed by atoms with Gasteiger partial charge in [0.25, 0.3) is 11.6 Å². The van der Waals surface area contributed by atoms with Crippen LogP contribution in [0.5, 0.6) is 11.5 Å². The smallest absolute Gasteiger partial charge is 0.269 e. The number of carbonyl (C=O) groups excluding carboxylic acids is 1. The summed E-state index contributed by atoms with van der Waals surface area (Å²) in [6.45, 7) is 2.56. The molecule has 0 atom stereocenters. The van der Waals surface area contributed by atoms with Crippen molar-refractivity contribution < 1.29 is 24.3 Å². The van der Waals surface area contributed by atoms with E-state index >= 15 is 0 Å². The molecule has 162 valence electrons. The van der Waals surface area contributed by atoms with Crippen LogP contribution in [0.15, 0.2) is 36.4 Å². The summed E-state index contributed by atoms with van der Waals surface area (Å²) < 4.78 is 11.2. The molecule has 0 aliphatic heterocycles. The zero-order valence-corrected chi connectivity index (χ0v) is 17.3. The van der Waals surface area contributed by atoms with Crippen molar-refractivity contribution in [2.45, 2.75) is 39.2 Å². The largest absolute Gasteiger partial charge is 0.493 e. The van der Waals surface area contributed by atoms with E-state index in [1.165, 1.54) is 19.2 Å². The molecule has 2 aromatic carbocycles. The first kappa shape index (κ1) is 23.2. The second-order valence-corrected chi connectivity index (χ2v) is 6.77. The molecule has 0 aliphatic rings. The third-order valence-electron chi connectivity index (χ3n) is 4.69. The number of nitro benzene ring substituents is 1. The highest BCUT2D eigenvalue weighted by Crippen LogP contribution is 2.34. The van der Waals surface area contributed by atoms with Crippen molar-refractivity contribution in [1.29, 1.82) is 0 Å². The van der Waals surface area contributed by atoms with Crippen LogP contribution in [-0.2, 0) is 13.0 Å². The van der Waals surface area contributed by atoms with Crippen molar-refractivity contribution in [3.8, 4) is 11.5 Å². The van der Waals surface area contributed by atoms with E-state index in [0.717, 1.165) is 24.8 Å². The molecule has 8 nitrogen and oxygen atoms in total. The Morgan fingerprint density at radius 2 is 1.90 bits per heavy atom. The lowest BCUT2D eigenvalue weighted by atomic mass is 10.0. The molecule has 2 aromatic rings. The number of nitrogens with zero attached hydrogens (tertiary/aromatic N) is 1. The average Bonchev–Trinajstić information content (AvgIpc) is 2.76. The zero-order chi connectivity index (χ0) is 21.9. The first-order chi connectivity index (χ1) is 14.5. The van der Waals surface area contributed by atoms with Gasteiger partial charge in [0, 0.05) is 29.8 Å². The van der Waals surface area contributed by atoms with Gasteiger partial charge in [-0.3, -0.25) is 14.9 Å². The Hall–Kier alpha value is -3.13. The minimum absolute atomic E-state index is 0.0278. The Kier molecular flexibility index (Phi) is 9.08. The molecule has 2 rings (SSSR count). The number of unbranched alkanes of at least 4 members (excludes halogenated alkanes) is 2. The zero-order valence-electron chi connectivity index (χ0n) is 17.3. The molecule has 0 spiro atoms. The van der Waals surface area contributed by atoms with Crippen LogP contribution < -0.4 is 14.8 Å². The van der Waals surface area contributed by atoms with Gasteiger partial charge in [-0.05, 0) is 30.5 Å². The number of carbonyl (C=O) groups is 1. The topological polar surface area (TPSA) is 111 Å². The molecule has 0 unspecified atom stereocenters. The van der Waals surface area contributed by atoms with Gasteiger partial charge >= 0.3 is 0 Å². The maximum Gasteiger partial charge on any atom is 0.269 e. The van der Waals surface area contributed by atoms with Crippen molar-refractivity contribution in [3.63, 3.8) is 0 Å². The van der Waals surface area contributed by atoms with E-state index < -0.39 is 4.92 Å². The number of hydrogen-bond donors (Lipinski definition) is 2. The van der Waals surface area contributed by atoms with E-state index in [4.69, 9.17) is 9.47 Å². The van der Waals surface area contributed by atoms with Gasteiger partial charge in [-0.15, -0.1) is 0 Å². The second kappa shape index (κ2) is 11.8. The number of nitrogens with one attached hydrogen (secondary N) is 1. The predicted octanol–water partition coefficient (Wildman–Crippen LogP) is 3.64. The summed E-state index contributed by atoms with van der Waals surface area (Å²) in [5.74, 6) is 0.527. The van der Waals surface area contributed by atoms with Crippen LogP contribution in [-0.4, -0.2) is 36.2 Å². The molecule has 0 radical (unpaired) electrons. The summed E-state index contributed by atoms with van der Waals surface area (Å²) in [6, 6.07) is 9.46. The number of hydrogen-bond acceptors (Lipinski definition) is 6. The van der Waals surface area contributed by atoms with Crippen LogP contribution in [0.3, 0.4) is 0 Å². The van der Waals surface area contributed by atoms with Gasteiger partial charge in [-0.25, -0.2) is 0 Å². The standard InChI is InChI=1S/C22H28N2O6/c1-3-4-5-14-30-21-19(15-25)18(10-11-20(21)29-2)22(26)23-13-12-16-6-8-17(9-7-16)24(27)28/h6-11,25H,3-5,12-15H2,1-2H3,(H,23,26). The Morgan fingerprint density at radius 3 is 2.50 bits per heavy atom. The first-order valence-corrected chi connectivity index (χ1v) is 9.96. The van der Waals surface area contributed by atoms with Crippen molar-refractivity contribution in [3.05, 3.63) is 63.2 Å². The molecule has 0 bridgehead atoms. The molecule has 0 heterocycles. The number of benzene rings is 2. The van der Waals surface area contributed by atoms with Gasteiger partial charge in [0.2, 0.25) is 0 Å². The van der Waals surface area contributed by atoms with Gasteiger partial charge in [0.05, 0.1) is 25.2 Å². The highest BCUT2D eigenvalue weighted by atomic mass is 16.6. The molecular weight excluding hydrogens is 388 g/mol. The Balaban J connectivity index is 2.05. The summed E-state index contributed by atoms with van der Waals surface area (Å²) in [5, 5.41) is 23.4. The summed E-state index contributed by atoms with van der Waals surface area (Å²) in [4.78, 5) is 22.9. The molecule has 0 aromatic heterocycles. The maximum absolute atomic E-state index is 12.7. The van der Waals surface area contributed by atoms with Gasteiger partial charge in [0.1, 0.15) is 0 Å². The number of nitro groups is 1. The fraction of sp³-hybridized carbons (Fsp3) is 0.409. The van der Waals surface area contributed by atoms with Crippen molar-refractivity contribution in [1.82, 2.24) is 5.32 Å². The summed E-state index contributed by atoms with van der Waals surface area (Å²) >= 11 is 0. The molecule has 8 heteroatoms. The van der Waals surface area contributed by atoms with Crippen molar-refractivity contribution >= 4 is 11.6 Å². The average molecular weight is 416 g/mol. The molecule has 0 fully saturated rings. The van der Waals surface area contributed by atoms with Crippen molar-refractivity contribution in [2.75, 3.05) is 20.3 Å². The van der Waals surface area contributed by atoms with E-state index in [9.17, 15) is 20.0 Å². The SMILES string of the molecule is CCCCCOc1c(OC)ccc(C(=O)NCCc2ccc([N+](=O)[O-])cc2)c1CO. The van der Waals surface area contributed by atoms with Gasteiger partial charge in [-0.2, -0.15) is 0 Å². The van der Waals surface area contributed by atoms with E-state index in [0.29, 0.717) is 42.2 Å². The van der Waals surface area contributed by atoms with Crippen molar-refractivity contribution in [2.24, 2.45) is 0 Å². The molecule has 0 saturated heterocycles. The fourth-order valence-corrected chi connectivity index (χ4v) is 3.02. The van der Waals surface area contributed by atoms with Gasteiger partial charge in [0.15, 0.2) is 11.5 Å². The van der Waals surface area contributed by atoms with Crippen LogP contribution in [0, 0.1) is 10.1 Å². The van der Waals surface area contributed by atoms with Crippen LogP contribution in [0.2, 0.25) is 0 Å². The second-order valence-electron chi connectivity index (χ2n) is 6.77. The number of methoxy groups -OCH3 is 1. The Morgan fingerprint density at radius 1 is 1.17 bits per heavy atom. The lowest BCUT2D eigenvalue weighted by Crippen LogP contribution is -2.27. The summed E-state index contributed by atoms with van der Waals surface area (Å²) in [5.41, 5.74) is 1.62. The van der Waals surface area contributed by atoms with E-state index in [1.807, 2.05) is 0 Å². The van der Waals surface area contributed by atoms with E-state index in [2.05, 4.69) is 12.2 Å². The third-order valence-corrected chi connectivity index (χ3v) is 4.69. The lowest BCUT2D eigenvalue weighted by molar-refractivity contribution is -0.384. The molecule has 1 amide bonds. The predicted molar refractivity (Wildman–Crippen MR) is 113 cm³/mol. The molecule has 30 heavy (non-hydrogen) atoms. The quantitative estimate of drug-likeness (QED) is 0.310. The number of non-ortho nitro benzene ring substituents is 1. The summed E-state index contributed by atoms with van der Waals surface area (Å²) in [7, 11) is 1.51. The fourth-order valence-electron chi connectivity index (χ4n) is 3.02. The number of rotatable bonds is 12. The van der Waals surface area contributed by atoms with Gasteiger partial charge < -0.3 is 19.9 Å². The minimum atomic E-state index is -0.451. The van der Waals surface area contributed by atoms with Crippen LogP contribution >= 0.6 is 0 Å². The molecule has 2 N–H and O–H groups in total. The number of ether oxygens (including phenoxy) is 2. The third kappa shape index (κ3) is 6.18. The highest BCUT2D eigenvalue weighted by molar-refractivity contribution is 5.96. The number of aliphatic hydroxyl groups excluding tert-OH is 1. The normalized spacial score (nSPS) is 10.5. The van der Waals surface area contributed by atoms with E-state index in [-0.39, 0.29) is 18.2 Å². The molecule has 0 aliphatic carbocycles. The highest BCUT2D eigenvalue weighted by Gasteiger charge is 2.19. The van der Waals surface area contributed by atoms with Crippen LogP contribution in [0.25, 0.3) is 0 Å². The Bertz CT molecular complexity index is 851. The monoisotopic (exact) mass is 416 g/mol. The summed E-state index contributed by atoms with van der Waals surface area (Å²) in [6.07, 6.45) is 3.48. The Labute approximate surface area is 176 Å². The molecular formula is C22H28N2O6. The lowest BCUT2D eigenvalue weighted by Gasteiger charge is -2.17. The van der Waals surface area contributed by atoms with Gasteiger partial charge in [-0.1, -0.05) is 31.9 Å². The minimum Gasteiger partial charge on any atom is -0.493 e. The number of aliphatic hydroxyl groups is 1. The molecule has 0 saturated carbocycles. The maximum atomic E-state index is 12.7. The van der Waals surface area contributed by atoms with Crippen LogP contribution in [0.1, 0.15) is 47.7 Å².